The Morgan fingerprint density at radius 3 is 2.60 bits per heavy atom. The molecule has 0 N–H and O–H groups in total. The summed E-state index contributed by atoms with van der Waals surface area (Å²) < 4.78 is 0. The van der Waals surface area contributed by atoms with Gasteiger partial charge < -0.3 is 0 Å². The summed E-state index contributed by atoms with van der Waals surface area (Å²) in [7, 11) is 0. The van der Waals surface area contributed by atoms with Gasteiger partial charge in [-0.3, -0.25) is 0 Å². The highest BCUT2D eigenvalue weighted by Gasteiger charge is 1.99. The van der Waals surface area contributed by atoms with Gasteiger partial charge in [0.1, 0.15) is 0 Å². The van der Waals surface area contributed by atoms with E-state index in [1.165, 1.54) is 18.4 Å². The summed E-state index contributed by atoms with van der Waals surface area (Å²) in [6, 6.07) is 0. The van der Waals surface area contributed by atoms with Gasteiger partial charge in [-0.2, -0.15) is 0 Å². The Bertz CT molecular complexity index is 120. The first-order chi connectivity index (χ1) is 4.72. The average Bonchev–Trinajstić information content (AvgIpc) is 1.89. The zero-order valence-electron chi connectivity index (χ0n) is 7.35. The summed E-state index contributed by atoms with van der Waals surface area (Å²) >= 11 is 0. The molecule has 0 heterocycles. The van der Waals surface area contributed by atoms with Crippen molar-refractivity contribution in [2.24, 2.45) is 5.92 Å². The lowest BCUT2D eigenvalue weighted by Gasteiger charge is -2.08. The Hall–Kier alpha value is -0.520. The normalized spacial score (nSPS) is 14.9. The lowest BCUT2D eigenvalue weighted by Crippen LogP contribution is -1.94. The molecule has 0 heteroatoms. The topological polar surface area (TPSA) is 0 Å². The number of allylic oxidation sites excluding steroid dienone is 3. The predicted molar refractivity (Wildman–Crippen MR) is 48.0 cm³/mol. The smallest absolute Gasteiger partial charge is 0.0231 e. The summed E-state index contributed by atoms with van der Waals surface area (Å²) in [5, 5.41) is 0. The molecule has 1 unspecified atom stereocenters. The third-order valence-electron chi connectivity index (χ3n) is 1.88. The van der Waals surface area contributed by atoms with Crippen LogP contribution in [0.15, 0.2) is 24.3 Å². The van der Waals surface area contributed by atoms with Crippen molar-refractivity contribution >= 4 is 0 Å². The van der Waals surface area contributed by atoms with Crippen molar-refractivity contribution in [1.82, 2.24) is 0 Å². The van der Waals surface area contributed by atoms with E-state index in [2.05, 4.69) is 33.4 Å². The Morgan fingerprint density at radius 2 is 2.20 bits per heavy atom. The van der Waals surface area contributed by atoms with Crippen LogP contribution < -0.4 is 0 Å². The van der Waals surface area contributed by atoms with Gasteiger partial charge in [0.2, 0.25) is 0 Å². The second-order valence-corrected chi connectivity index (χ2v) is 2.84. The van der Waals surface area contributed by atoms with Gasteiger partial charge in [0.05, 0.1) is 0 Å². The van der Waals surface area contributed by atoms with Crippen molar-refractivity contribution in [3.05, 3.63) is 24.3 Å². The molecule has 0 fully saturated rings. The lowest BCUT2D eigenvalue weighted by molar-refractivity contribution is 0.602. The van der Waals surface area contributed by atoms with Gasteiger partial charge >= 0.3 is 0 Å². The Morgan fingerprint density at radius 1 is 1.60 bits per heavy atom. The molecule has 0 bridgehead atoms. The van der Waals surface area contributed by atoms with E-state index in [4.69, 9.17) is 0 Å². The zero-order chi connectivity index (χ0) is 7.98. The average molecular weight is 138 g/mol. The van der Waals surface area contributed by atoms with Crippen LogP contribution in [0.3, 0.4) is 0 Å². The van der Waals surface area contributed by atoms with E-state index in [1.807, 2.05) is 6.08 Å². The molecule has 0 aliphatic rings. The van der Waals surface area contributed by atoms with Crippen molar-refractivity contribution in [2.45, 2.75) is 33.6 Å². The fourth-order valence-electron chi connectivity index (χ4n) is 1.01. The summed E-state index contributed by atoms with van der Waals surface area (Å²) in [6.45, 7) is 10.3. The first-order valence-corrected chi connectivity index (χ1v) is 4.01. The van der Waals surface area contributed by atoms with E-state index in [9.17, 15) is 0 Å². The minimum absolute atomic E-state index is 0.725. The summed E-state index contributed by atoms with van der Waals surface area (Å²) in [4.78, 5) is 0. The molecular weight excluding hydrogens is 120 g/mol. The highest BCUT2D eigenvalue weighted by Crippen LogP contribution is 2.14. The first kappa shape index (κ1) is 9.48. The molecule has 1 atom stereocenters. The maximum absolute atomic E-state index is 3.67. The van der Waals surface area contributed by atoms with Crippen LogP contribution in [0.25, 0.3) is 0 Å². The van der Waals surface area contributed by atoms with Gasteiger partial charge in [-0.1, -0.05) is 44.6 Å². The van der Waals surface area contributed by atoms with E-state index in [0.717, 1.165) is 5.92 Å². The van der Waals surface area contributed by atoms with Gasteiger partial charge in [0, 0.05) is 0 Å². The van der Waals surface area contributed by atoms with Crippen LogP contribution in [-0.2, 0) is 0 Å². The third kappa shape index (κ3) is 3.49. The van der Waals surface area contributed by atoms with Crippen molar-refractivity contribution in [3.8, 4) is 0 Å². The molecule has 0 aromatic heterocycles. The summed E-state index contributed by atoms with van der Waals surface area (Å²) in [5.41, 5.74) is 1.44. The molecule has 0 spiro atoms. The minimum atomic E-state index is 0.725. The quantitative estimate of drug-likeness (QED) is 0.521. The maximum Gasteiger partial charge on any atom is -0.0231 e. The molecule has 0 amide bonds. The largest absolute Gasteiger partial charge is 0.0991 e. The van der Waals surface area contributed by atoms with Crippen LogP contribution in [-0.4, -0.2) is 0 Å². The Balaban J connectivity index is 3.80. The van der Waals surface area contributed by atoms with Crippen molar-refractivity contribution < 1.29 is 0 Å². The monoisotopic (exact) mass is 138 g/mol. The molecule has 0 radical (unpaired) electrons. The molecule has 0 nitrogen and oxygen atoms in total. The minimum Gasteiger partial charge on any atom is -0.0991 e. The number of hydrogen-bond acceptors (Lipinski definition) is 0. The van der Waals surface area contributed by atoms with Crippen LogP contribution in [0.1, 0.15) is 33.6 Å². The predicted octanol–water partition coefficient (Wildman–Crippen LogP) is 3.55. The van der Waals surface area contributed by atoms with E-state index in [-0.39, 0.29) is 0 Å². The van der Waals surface area contributed by atoms with Crippen molar-refractivity contribution in [3.63, 3.8) is 0 Å². The number of rotatable bonds is 4. The van der Waals surface area contributed by atoms with Crippen LogP contribution in [0.5, 0.6) is 0 Å². The molecule has 0 saturated heterocycles. The third-order valence-corrected chi connectivity index (χ3v) is 1.88. The molecule has 0 aromatic carbocycles. The molecule has 10 heavy (non-hydrogen) atoms. The maximum atomic E-state index is 3.67. The fourth-order valence-corrected chi connectivity index (χ4v) is 1.01. The van der Waals surface area contributed by atoms with Gasteiger partial charge in [0.15, 0.2) is 0 Å². The molecule has 0 aliphatic carbocycles. The van der Waals surface area contributed by atoms with Crippen molar-refractivity contribution in [1.29, 1.82) is 0 Å². The van der Waals surface area contributed by atoms with Gasteiger partial charge in [-0.15, -0.1) is 0 Å². The second-order valence-electron chi connectivity index (χ2n) is 2.84. The highest BCUT2D eigenvalue weighted by molar-refractivity contribution is 5.09. The second kappa shape index (κ2) is 5.28. The Kier molecular flexibility index (Phi) is 5.00. The van der Waals surface area contributed by atoms with Gasteiger partial charge in [0.25, 0.3) is 0 Å². The van der Waals surface area contributed by atoms with Crippen LogP contribution in [0.2, 0.25) is 0 Å². The molecule has 0 saturated carbocycles. The summed E-state index contributed by atoms with van der Waals surface area (Å²) in [5.74, 6) is 0.725. The van der Waals surface area contributed by atoms with E-state index in [1.54, 1.807) is 0 Å². The molecule has 0 aliphatic heterocycles. The molecule has 0 aromatic rings. The van der Waals surface area contributed by atoms with Gasteiger partial charge in [-0.05, 0) is 19.3 Å². The van der Waals surface area contributed by atoms with Gasteiger partial charge in [-0.25, -0.2) is 0 Å². The molecule has 58 valence electrons. The molecule has 0 rings (SSSR count). The van der Waals surface area contributed by atoms with E-state index < -0.39 is 0 Å². The first-order valence-electron chi connectivity index (χ1n) is 4.01. The van der Waals surface area contributed by atoms with Crippen LogP contribution in [0.4, 0.5) is 0 Å². The van der Waals surface area contributed by atoms with Crippen LogP contribution >= 0.6 is 0 Å². The Labute approximate surface area is 64.6 Å². The standard InChI is InChI=1S/C10H18/c1-5-7-9(3)10(4)8-6-2/h5,7,10H,1,6,8H2,2-4H3/b9-7+. The van der Waals surface area contributed by atoms with Crippen molar-refractivity contribution in [2.75, 3.05) is 0 Å². The SMILES string of the molecule is C=C/C=C(\C)C(C)CCC. The zero-order valence-corrected chi connectivity index (χ0v) is 7.35. The highest BCUT2D eigenvalue weighted by atomic mass is 14.1. The van der Waals surface area contributed by atoms with E-state index >= 15 is 0 Å². The lowest BCUT2D eigenvalue weighted by atomic mass is 9.97. The fraction of sp³-hybridized carbons (Fsp3) is 0.600. The summed E-state index contributed by atoms with van der Waals surface area (Å²) in [6.07, 6.45) is 6.52. The van der Waals surface area contributed by atoms with Crippen LogP contribution in [0, 0.1) is 5.92 Å². The molecular formula is C10H18. The number of hydrogen-bond donors (Lipinski definition) is 0. The van der Waals surface area contributed by atoms with E-state index in [0.29, 0.717) is 0 Å².